The fourth-order valence-electron chi connectivity index (χ4n) is 1.82. The summed E-state index contributed by atoms with van der Waals surface area (Å²) in [5.41, 5.74) is 0.911. The average Bonchev–Trinajstić information content (AvgIpc) is 2.44. The van der Waals surface area contributed by atoms with Crippen LogP contribution in [0.3, 0.4) is 0 Å². The van der Waals surface area contributed by atoms with Gasteiger partial charge in [0.05, 0.1) is 10.9 Å². The molecule has 2 aromatic heterocycles. The molecule has 0 radical (unpaired) electrons. The molecule has 5 nitrogen and oxygen atoms in total. The Kier molecular flexibility index (Phi) is 2.30. The average molecular weight is 238 g/mol. The number of pyridine rings is 1. The van der Waals surface area contributed by atoms with Crippen LogP contribution in [0.5, 0.6) is 0 Å². The zero-order chi connectivity index (χ0) is 12.5. The van der Waals surface area contributed by atoms with E-state index in [1.54, 1.807) is 36.5 Å². The minimum atomic E-state index is -0.277. The van der Waals surface area contributed by atoms with Crippen LogP contribution < -0.4 is 11.4 Å². The summed E-state index contributed by atoms with van der Waals surface area (Å²) in [6.45, 7) is 0. The number of benzene rings is 1. The molecule has 0 bridgehead atoms. The molecule has 0 fully saturated rings. The number of hydrogen-bond donors (Lipinski definition) is 1. The molecule has 0 spiro atoms. The van der Waals surface area contributed by atoms with Crippen molar-refractivity contribution < 1.29 is 0 Å². The first-order chi connectivity index (χ1) is 8.77. The smallest absolute Gasteiger partial charge is 0.280 e. The molecule has 0 aliphatic carbocycles. The number of hydrogen-bond acceptors (Lipinski definition) is 4. The molecule has 2 N–H and O–H groups in total. The van der Waals surface area contributed by atoms with Crippen molar-refractivity contribution in [1.82, 2.24) is 14.6 Å². The second-order valence-corrected chi connectivity index (χ2v) is 3.84. The quantitative estimate of drug-likeness (QED) is 0.646. The Bertz CT molecular complexity index is 765. The molecular weight excluding hydrogens is 228 g/mol. The summed E-state index contributed by atoms with van der Waals surface area (Å²) in [6, 6.07) is 12.5. The van der Waals surface area contributed by atoms with Gasteiger partial charge in [-0.15, -0.1) is 0 Å². The monoisotopic (exact) mass is 238 g/mol. The molecule has 0 atom stereocenters. The largest absolute Gasteiger partial charge is 0.334 e. The lowest BCUT2D eigenvalue weighted by Crippen LogP contribution is -2.30. The van der Waals surface area contributed by atoms with Crippen LogP contribution in [0.2, 0.25) is 0 Å². The van der Waals surface area contributed by atoms with Gasteiger partial charge in [-0.25, -0.2) is 9.66 Å². The SMILES string of the molecule is Nn1c(-c2ccccn2)nc2ccccc2c1=O. The van der Waals surface area contributed by atoms with Gasteiger partial charge in [-0.1, -0.05) is 18.2 Å². The fraction of sp³-hybridized carbons (Fsp3) is 0. The van der Waals surface area contributed by atoms with Crippen LogP contribution in [0.4, 0.5) is 0 Å². The van der Waals surface area contributed by atoms with Gasteiger partial charge in [0.15, 0.2) is 5.82 Å². The van der Waals surface area contributed by atoms with Gasteiger partial charge in [0.2, 0.25) is 0 Å². The highest BCUT2D eigenvalue weighted by Crippen LogP contribution is 2.14. The zero-order valence-electron chi connectivity index (χ0n) is 9.45. The van der Waals surface area contributed by atoms with Crippen molar-refractivity contribution in [1.29, 1.82) is 0 Å². The molecule has 1 aromatic carbocycles. The first kappa shape index (κ1) is 10.5. The minimum absolute atomic E-state index is 0.277. The molecule has 0 unspecified atom stereocenters. The lowest BCUT2D eigenvalue weighted by atomic mass is 10.2. The number of nitrogens with two attached hydrogens (primary N) is 1. The van der Waals surface area contributed by atoms with E-state index in [-0.39, 0.29) is 5.56 Å². The van der Waals surface area contributed by atoms with Crippen LogP contribution in [0.1, 0.15) is 0 Å². The summed E-state index contributed by atoms with van der Waals surface area (Å²) in [4.78, 5) is 20.6. The molecule has 0 amide bonds. The molecule has 3 aromatic rings. The lowest BCUT2D eigenvalue weighted by Gasteiger charge is -2.07. The molecule has 5 heteroatoms. The number of aromatic nitrogens is 3. The number of fused-ring (bicyclic) bond motifs is 1. The van der Waals surface area contributed by atoms with E-state index in [0.29, 0.717) is 22.4 Å². The third kappa shape index (κ3) is 1.53. The van der Waals surface area contributed by atoms with Crippen molar-refractivity contribution in [2.45, 2.75) is 0 Å². The van der Waals surface area contributed by atoms with Crippen LogP contribution in [0.15, 0.2) is 53.5 Å². The summed E-state index contributed by atoms with van der Waals surface area (Å²) < 4.78 is 1.03. The normalized spacial score (nSPS) is 10.7. The Hall–Kier alpha value is -2.69. The number of rotatable bonds is 1. The van der Waals surface area contributed by atoms with Gasteiger partial charge in [-0.2, -0.15) is 0 Å². The zero-order valence-corrected chi connectivity index (χ0v) is 9.45. The fourth-order valence-corrected chi connectivity index (χ4v) is 1.82. The van der Waals surface area contributed by atoms with Gasteiger partial charge in [0.25, 0.3) is 5.56 Å². The highest BCUT2D eigenvalue weighted by molar-refractivity contribution is 5.79. The molecule has 0 saturated heterocycles. The van der Waals surface area contributed by atoms with Crippen LogP contribution in [0, 0.1) is 0 Å². The summed E-state index contributed by atoms with van der Waals surface area (Å²) in [5.74, 6) is 6.14. The van der Waals surface area contributed by atoms with E-state index in [1.807, 2.05) is 12.1 Å². The van der Waals surface area contributed by atoms with Crippen molar-refractivity contribution in [2.75, 3.05) is 5.84 Å². The topological polar surface area (TPSA) is 73.8 Å². The second kappa shape index (κ2) is 3.96. The Balaban J connectivity index is 2.38. The Morgan fingerprint density at radius 2 is 1.83 bits per heavy atom. The Labute approximate surface area is 103 Å². The molecule has 88 valence electrons. The number of nitrogen functional groups attached to an aromatic ring is 1. The van der Waals surface area contributed by atoms with E-state index in [2.05, 4.69) is 9.97 Å². The van der Waals surface area contributed by atoms with Gasteiger partial charge in [0.1, 0.15) is 5.69 Å². The van der Waals surface area contributed by atoms with E-state index in [1.165, 1.54) is 0 Å². The van der Waals surface area contributed by atoms with Crippen LogP contribution >= 0.6 is 0 Å². The van der Waals surface area contributed by atoms with Crippen molar-refractivity contribution in [3.8, 4) is 11.5 Å². The number of nitrogens with zero attached hydrogens (tertiary/aromatic N) is 3. The standard InChI is InChI=1S/C13H10N4O/c14-17-12(11-7-3-4-8-15-11)16-10-6-2-1-5-9(10)13(17)18/h1-8H,14H2. The molecule has 18 heavy (non-hydrogen) atoms. The van der Waals surface area contributed by atoms with Crippen molar-refractivity contribution in [3.05, 3.63) is 59.0 Å². The highest BCUT2D eigenvalue weighted by atomic mass is 16.1. The first-order valence-corrected chi connectivity index (χ1v) is 5.45. The summed E-state index contributed by atoms with van der Waals surface area (Å²) in [6.07, 6.45) is 1.64. The summed E-state index contributed by atoms with van der Waals surface area (Å²) >= 11 is 0. The van der Waals surface area contributed by atoms with Crippen LogP contribution in [-0.4, -0.2) is 14.6 Å². The Morgan fingerprint density at radius 3 is 2.61 bits per heavy atom. The van der Waals surface area contributed by atoms with Crippen molar-refractivity contribution >= 4 is 10.9 Å². The predicted octanol–water partition coefficient (Wildman–Crippen LogP) is 1.17. The van der Waals surface area contributed by atoms with E-state index in [9.17, 15) is 4.79 Å². The minimum Gasteiger partial charge on any atom is -0.334 e. The molecule has 0 aliphatic rings. The highest BCUT2D eigenvalue weighted by Gasteiger charge is 2.10. The Morgan fingerprint density at radius 1 is 1.06 bits per heavy atom. The second-order valence-electron chi connectivity index (χ2n) is 3.84. The van der Waals surface area contributed by atoms with E-state index in [0.717, 1.165) is 4.68 Å². The molecule has 0 saturated carbocycles. The maximum atomic E-state index is 12.1. The van der Waals surface area contributed by atoms with E-state index in [4.69, 9.17) is 5.84 Å². The van der Waals surface area contributed by atoms with Crippen molar-refractivity contribution in [3.63, 3.8) is 0 Å². The van der Waals surface area contributed by atoms with Crippen LogP contribution in [-0.2, 0) is 0 Å². The van der Waals surface area contributed by atoms with E-state index >= 15 is 0 Å². The van der Waals surface area contributed by atoms with Gasteiger partial charge >= 0.3 is 0 Å². The molecular formula is C13H10N4O. The van der Waals surface area contributed by atoms with Gasteiger partial charge in [-0.3, -0.25) is 9.78 Å². The lowest BCUT2D eigenvalue weighted by molar-refractivity contribution is 0.918. The maximum Gasteiger partial charge on any atom is 0.280 e. The van der Waals surface area contributed by atoms with Crippen LogP contribution in [0.25, 0.3) is 22.4 Å². The summed E-state index contributed by atoms with van der Waals surface area (Å²) in [5, 5.41) is 0.500. The third-order valence-corrected chi connectivity index (χ3v) is 2.70. The van der Waals surface area contributed by atoms with Gasteiger partial charge < -0.3 is 5.84 Å². The predicted molar refractivity (Wildman–Crippen MR) is 69.4 cm³/mol. The summed E-state index contributed by atoms with van der Waals surface area (Å²) in [7, 11) is 0. The maximum absolute atomic E-state index is 12.1. The number of para-hydroxylation sites is 1. The third-order valence-electron chi connectivity index (χ3n) is 2.70. The van der Waals surface area contributed by atoms with Gasteiger partial charge in [0, 0.05) is 6.20 Å². The molecule has 2 heterocycles. The first-order valence-electron chi connectivity index (χ1n) is 5.45. The molecule has 3 rings (SSSR count). The van der Waals surface area contributed by atoms with E-state index < -0.39 is 0 Å². The molecule has 0 aliphatic heterocycles. The van der Waals surface area contributed by atoms with Gasteiger partial charge in [-0.05, 0) is 24.3 Å². The van der Waals surface area contributed by atoms with Crippen molar-refractivity contribution in [2.24, 2.45) is 0 Å².